The third-order valence-electron chi connectivity index (χ3n) is 9.24. The number of nitrogens with one attached hydrogen (secondary N) is 6. The molecule has 2 saturated heterocycles. The number of aromatic nitrogens is 1. The largest absolute Gasteiger partial charge is 0.481 e. The summed E-state index contributed by atoms with van der Waals surface area (Å²) in [5.41, 5.74) is 17.8. The van der Waals surface area contributed by atoms with Gasteiger partial charge in [-0.3, -0.25) is 48.1 Å². The van der Waals surface area contributed by atoms with Crippen LogP contribution in [-0.2, 0) is 49.6 Å². The minimum Gasteiger partial charge on any atom is -0.481 e. The summed E-state index contributed by atoms with van der Waals surface area (Å²) in [6.45, 7) is 0.851. The molecule has 4 rings (SSSR count). The number of guanidine groups is 1. The van der Waals surface area contributed by atoms with Gasteiger partial charge in [-0.25, -0.2) is 0 Å². The molecule has 342 valence electrons. The van der Waals surface area contributed by atoms with Crippen LogP contribution in [0.5, 0.6) is 0 Å². The number of carbonyl (C=O) groups is 9. The number of amides is 7. The molecule has 2 aliphatic rings. The van der Waals surface area contributed by atoms with E-state index in [1.54, 1.807) is 12.3 Å². The predicted octanol–water partition coefficient (Wildman–Crippen LogP) is -1.33. The summed E-state index contributed by atoms with van der Waals surface area (Å²) in [7, 11) is 2.45. The molecule has 1 aromatic carbocycles. The number of carboxylic acid groups (broad SMARTS) is 2. The van der Waals surface area contributed by atoms with E-state index in [-0.39, 0.29) is 63.7 Å². The minimum absolute atomic E-state index is 0. The zero-order valence-corrected chi connectivity index (χ0v) is 35.1. The van der Waals surface area contributed by atoms with Gasteiger partial charge in [0.2, 0.25) is 41.4 Å². The van der Waals surface area contributed by atoms with E-state index in [0.29, 0.717) is 24.8 Å². The zero-order valence-electron chi connectivity index (χ0n) is 33.5. The van der Waals surface area contributed by atoms with Crippen LogP contribution in [0.25, 0.3) is 10.9 Å². The lowest BCUT2D eigenvalue weighted by molar-refractivity contribution is -0.143. The highest BCUT2D eigenvalue weighted by atomic mass is 33.1. The Bertz CT molecular complexity index is 1940. The van der Waals surface area contributed by atoms with Crippen LogP contribution in [0.4, 0.5) is 0 Å². The zero-order chi connectivity index (χ0) is 45.1. The second-order valence-electron chi connectivity index (χ2n) is 14.0. The van der Waals surface area contributed by atoms with E-state index < -0.39 is 96.5 Å². The summed E-state index contributed by atoms with van der Waals surface area (Å²) in [4.78, 5) is 123. The number of aliphatic imine (C=N–C) groups is 1. The van der Waals surface area contributed by atoms with E-state index in [0.717, 1.165) is 17.8 Å². The van der Waals surface area contributed by atoms with Crippen LogP contribution in [-0.4, -0.2) is 141 Å². The van der Waals surface area contributed by atoms with Gasteiger partial charge in [0.05, 0.1) is 13.0 Å². The first-order valence-corrected chi connectivity index (χ1v) is 21.8. The number of nitrogens with two attached hydrogens (primary N) is 3. The van der Waals surface area contributed by atoms with Crippen molar-refractivity contribution in [3.05, 3.63) is 36.0 Å². The molecule has 0 spiro atoms. The summed E-state index contributed by atoms with van der Waals surface area (Å²) in [5, 5.41) is 30.5. The second-order valence-corrected chi connectivity index (χ2v) is 16.6. The normalized spacial score (nSPS) is 22.1. The molecule has 7 amide bonds. The van der Waals surface area contributed by atoms with Crippen LogP contribution in [0.3, 0.4) is 0 Å². The number of aromatic amines is 1. The number of para-hydroxylation sites is 1. The van der Waals surface area contributed by atoms with E-state index in [2.05, 4.69) is 36.6 Å². The SMILES string of the molecule is C.CC(=O)O.NC(=O)[C@@H]1CSSCCC(=O)N[C@@H](CCCCN=C(N)N)C(=O)NCC(=O)N[C@@H](CC(=O)O)C(=O)N[C@@H](Cc2c[nH]c3ccccc23)C(=O)N2CCC[C@H]2C(=O)N1. The Morgan fingerprint density at radius 3 is 2.24 bits per heavy atom. The standard InChI is InChI=1S/C35H49N11O9S2.C2H4O2.CH4/c36-30(51)25-18-57-56-13-10-27(47)42-22(8-3-4-11-39-35(37)38)31(52)41-17-28(48)43-23(15-29(49)50)32(53)44-24(14-19-16-40-21-7-2-1-6-20(19)21)34(55)46-12-5-9-26(46)33(54)45-25;1-2(3)4;/h1-2,6-7,16,22-26,40H,3-5,8-15,17-18H2,(H2,36,51)(H,41,52)(H,42,47)(H,43,48)(H,44,53)(H,45,54)(H,49,50)(H4,37,38,39);1H3,(H,3,4);1H4/t22-,23-,24-,25-,26-;;/m0../s1. The van der Waals surface area contributed by atoms with Gasteiger partial charge in [-0.05, 0) is 43.7 Å². The Balaban J connectivity index is 0.00000253. The molecule has 2 fully saturated rings. The number of benzene rings is 1. The highest BCUT2D eigenvalue weighted by Crippen LogP contribution is 2.25. The van der Waals surface area contributed by atoms with Crippen LogP contribution < -0.4 is 43.8 Å². The van der Waals surface area contributed by atoms with Crippen molar-refractivity contribution in [2.24, 2.45) is 22.2 Å². The molecule has 2 aromatic rings. The van der Waals surface area contributed by atoms with Gasteiger partial charge < -0.3 is 63.9 Å². The Labute approximate surface area is 365 Å². The third-order valence-corrected chi connectivity index (χ3v) is 11.7. The lowest BCUT2D eigenvalue weighted by atomic mass is 10.0. The maximum absolute atomic E-state index is 14.3. The molecule has 24 heteroatoms. The summed E-state index contributed by atoms with van der Waals surface area (Å²) >= 11 is 0. The van der Waals surface area contributed by atoms with Gasteiger partial charge in [-0.1, -0.05) is 47.2 Å². The summed E-state index contributed by atoms with van der Waals surface area (Å²) in [6, 6.07) is 1.07. The molecule has 22 nitrogen and oxygen atoms in total. The number of primary amides is 1. The average molecular weight is 908 g/mol. The molecule has 62 heavy (non-hydrogen) atoms. The van der Waals surface area contributed by atoms with Crippen molar-refractivity contribution >= 4 is 91.7 Å². The average Bonchev–Trinajstić information content (AvgIpc) is 3.85. The monoisotopic (exact) mass is 907 g/mol. The Kier molecular flexibility index (Phi) is 22.1. The first kappa shape index (κ1) is 52.1. The molecule has 1 aromatic heterocycles. The van der Waals surface area contributed by atoms with Crippen LogP contribution >= 0.6 is 21.6 Å². The quantitative estimate of drug-likeness (QED) is 0.0570. The maximum atomic E-state index is 14.3. The number of carboxylic acids is 2. The second kappa shape index (κ2) is 26.3. The molecule has 2 aliphatic heterocycles. The number of rotatable bonds is 10. The van der Waals surface area contributed by atoms with Gasteiger partial charge in [0, 0.05) is 61.5 Å². The molecule has 0 bridgehead atoms. The van der Waals surface area contributed by atoms with Crippen molar-refractivity contribution in [3.8, 4) is 0 Å². The van der Waals surface area contributed by atoms with E-state index in [1.165, 1.54) is 26.5 Å². The number of fused-ring (bicyclic) bond motifs is 2. The topological polar surface area (TPSA) is 364 Å². The van der Waals surface area contributed by atoms with E-state index in [4.69, 9.17) is 27.1 Å². The number of hydrogen-bond donors (Lipinski definition) is 11. The number of H-pyrrole nitrogens is 1. The molecule has 3 heterocycles. The van der Waals surface area contributed by atoms with Crippen LogP contribution in [0.1, 0.15) is 64.9 Å². The summed E-state index contributed by atoms with van der Waals surface area (Å²) in [6.07, 6.45) is 2.48. The number of nitrogens with zero attached hydrogens (tertiary/aromatic N) is 2. The molecule has 0 aliphatic carbocycles. The molecular weight excluding hydrogens is 851 g/mol. The molecule has 0 saturated carbocycles. The van der Waals surface area contributed by atoms with E-state index >= 15 is 0 Å². The van der Waals surface area contributed by atoms with Crippen molar-refractivity contribution in [1.29, 1.82) is 0 Å². The van der Waals surface area contributed by atoms with E-state index in [9.17, 15) is 43.5 Å². The van der Waals surface area contributed by atoms with Gasteiger partial charge in [0.25, 0.3) is 5.97 Å². The Morgan fingerprint density at radius 2 is 1.56 bits per heavy atom. The summed E-state index contributed by atoms with van der Waals surface area (Å²) in [5.74, 6) is -7.18. The number of carbonyl (C=O) groups excluding carboxylic acids is 7. The first-order chi connectivity index (χ1) is 29.0. The van der Waals surface area contributed by atoms with Gasteiger partial charge in [0.1, 0.15) is 30.2 Å². The molecule has 5 atom stereocenters. The predicted molar refractivity (Wildman–Crippen MR) is 233 cm³/mol. The Hall–Kier alpha value is -6.04. The van der Waals surface area contributed by atoms with Crippen LogP contribution in [0.2, 0.25) is 0 Å². The number of unbranched alkanes of at least 4 members (excludes halogenated alkanes) is 1. The van der Waals surface area contributed by atoms with Crippen molar-refractivity contribution in [2.45, 2.75) is 95.9 Å². The smallest absolute Gasteiger partial charge is 0.305 e. The lowest BCUT2D eigenvalue weighted by Gasteiger charge is -2.30. The first-order valence-electron chi connectivity index (χ1n) is 19.3. The third kappa shape index (κ3) is 17.5. The minimum atomic E-state index is -1.68. The lowest BCUT2D eigenvalue weighted by Crippen LogP contribution is -2.59. The van der Waals surface area contributed by atoms with Gasteiger partial charge in [0.15, 0.2) is 5.96 Å². The summed E-state index contributed by atoms with van der Waals surface area (Å²) < 4.78 is 0. The van der Waals surface area contributed by atoms with E-state index in [1.807, 2.05) is 18.2 Å². The molecular formula is C38H57N11O11S2. The van der Waals surface area contributed by atoms with Crippen molar-refractivity contribution in [2.75, 3.05) is 31.1 Å². The van der Waals surface area contributed by atoms with Crippen molar-refractivity contribution in [3.63, 3.8) is 0 Å². The number of aliphatic carboxylic acids is 2. The van der Waals surface area contributed by atoms with Gasteiger partial charge in [-0.2, -0.15) is 0 Å². The molecule has 0 unspecified atom stereocenters. The van der Waals surface area contributed by atoms with Crippen LogP contribution in [0, 0.1) is 0 Å². The molecule has 14 N–H and O–H groups in total. The highest BCUT2D eigenvalue weighted by molar-refractivity contribution is 8.76. The van der Waals surface area contributed by atoms with Crippen molar-refractivity contribution in [1.82, 2.24) is 36.5 Å². The van der Waals surface area contributed by atoms with Crippen LogP contribution in [0.15, 0.2) is 35.5 Å². The van der Waals surface area contributed by atoms with Gasteiger partial charge in [-0.15, -0.1) is 0 Å². The van der Waals surface area contributed by atoms with Gasteiger partial charge >= 0.3 is 5.97 Å². The van der Waals surface area contributed by atoms with Crippen molar-refractivity contribution < 1.29 is 53.4 Å². The fraction of sp³-hybridized carbons (Fsp3) is 0.526. The number of hydrogen-bond acceptors (Lipinski definition) is 12. The fourth-order valence-electron chi connectivity index (χ4n) is 6.39. The maximum Gasteiger partial charge on any atom is 0.305 e. The highest BCUT2D eigenvalue weighted by Gasteiger charge is 2.40. The Morgan fingerprint density at radius 1 is 0.871 bits per heavy atom. The molecule has 0 radical (unpaired) electrons. The fourth-order valence-corrected chi connectivity index (χ4v) is 8.56.